The van der Waals surface area contributed by atoms with Gasteiger partial charge in [0, 0.05) is 11.5 Å². The Labute approximate surface area is 118 Å². The minimum atomic E-state index is -0.272. The van der Waals surface area contributed by atoms with Gasteiger partial charge in [0.2, 0.25) is 0 Å². The van der Waals surface area contributed by atoms with E-state index in [0.29, 0.717) is 6.61 Å². The third kappa shape index (κ3) is 6.26. The summed E-state index contributed by atoms with van der Waals surface area (Å²) < 4.78 is 5.41. The van der Waals surface area contributed by atoms with Crippen molar-refractivity contribution in [2.24, 2.45) is 11.3 Å². The summed E-state index contributed by atoms with van der Waals surface area (Å²) in [5.41, 5.74) is 0.226. The highest BCUT2D eigenvalue weighted by atomic mass is 16.5. The normalized spacial score (nSPS) is 19.5. The van der Waals surface area contributed by atoms with Gasteiger partial charge >= 0.3 is 5.97 Å². The molecule has 0 aromatic rings. The van der Waals surface area contributed by atoms with Crippen LogP contribution in [-0.4, -0.2) is 12.6 Å². The average Bonchev–Trinajstić information content (AvgIpc) is 2.36. The first-order valence-corrected chi connectivity index (χ1v) is 7.87. The van der Waals surface area contributed by atoms with E-state index >= 15 is 0 Å². The Morgan fingerprint density at radius 3 is 2.32 bits per heavy atom. The molecule has 0 saturated heterocycles. The van der Waals surface area contributed by atoms with E-state index in [2.05, 4.69) is 20.4 Å². The fraction of sp³-hybridized carbons (Fsp3) is 0.824. The van der Waals surface area contributed by atoms with Crippen molar-refractivity contribution in [1.29, 1.82) is 0 Å². The third-order valence-corrected chi connectivity index (χ3v) is 4.35. The number of carbonyl (C=O) groups excluding carboxylic acids is 1. The van der Waals surface area contributed by atoms with Gasteiger partial charge in [-0.2, -0.15) is 0 Å². The summed E-state index contributed by atoms with van der Waals surface area (Å²) in [5, 5.41) is 0. The van der Waals surface area contributed by atoms with E-state index in [4.69, 9.17) is 4.74 Å². The molecule has 2 nitrogen and oxygen atoms in total. The van der Waals surface area contributed by atoms with Gasteiger partial charge in [0.1, 0.15) is 0 Å². The Balaban J connectivity index is 2.62. The fourth-order valence-electron chi connectivity index (χ4n) is 3.00. The molecular formula is C17H30O2. The summed E-state index contributed by atoms with van der Waals surface area (Å²) in [7, 11) is 0. The molecule has 0 N–H and O–H groups in total. The average molecular weight is 266 g/mol. The number of hydrogen-bond acceptors (Lipinski definition) is 2. The van der Waals surface area contributed by atoms with E-state index in [9.17, 15) is 4.79 Å². The zero-order valence-corrected chi connectivity index (χ0v) is 12.7. The first-order chi connectivity index (χ1) is 9.08. The van der Waals surface area contributed by atoms with Crippen molar-refractivity contribution in [2.45, 2.75) is 71.6 Å². The standard InChI is InChI=1S/C17H30O2/c1-4-16(18)19-14-17(13-10-15(2)3)11-8-6-5-7-9-12-17/h4,15H,1,5-14H2,2-3H3. The SMILES string of the molecule is C=CC(=O)OCC1(CCC(C)C)CCCCCCC1. The van der Waals surface area contributed by atoms with Crippen LogP contribution in [0.3, 0.4) is 0 Å². The lowest BCUT2D eigenvalue weighted by Crippen LogP contribution is -2.29. The van der Waals surface area contributed by atoms with Crippen molar-refractivity contribution in [2.75, 3.05) is 6.61 Å². The van der Waals surface area contributed by atoms with Gasteiger partial charge in [-0.05, 0) is 25.2 Å². The Morgan fingerprint density at radius 1 is 1.21 bits per heavy atom. The van der Waals surface area contributed by atoms with Gasteiger partial charge in [-0.25, -0.2) is 4.79 Å². The quantitative estimate of drug-likeness (QED) is 0.506. The van der Waals surface area contributed by atoms with Crippen LogP contribution in [0, 0.1) is 11.3 Å². The molecule has 0 bridgehead atoms. The number of rotatable bonds is 6. The highest BCUT2D eigenvalue weighted by molar-refractivity contribution is 5.81. The Morgan fingerprint density at radius 2 is 1.79 bits per heavy atom. The van der Waals surface area contributed by atoms with E-state index in [1.807, 2.05) is 0 Å². The molecule has 19 heavy (non-hydrogen) atoms. The monoisotopic (exact) mass is 266 g/mol. The first kappa shape index (κ1) is 16.3. The Kier molecular flexibility index (Phi) is 7.19. The molecule has 110 valence electrons. The fourth-order valence-corrected chi connectivity index (χ4v) is 3.00. The van der Waals surface area contributed by atoms with Crippen LogP contribution >= 0.6 is 0 Å². The Bertz CT molecular complexity index is 273. The predicted octanol–water partition coefficient (Wildman–Crippen LogP) is 4.88. The number of ether oxygens (including phenoxy) is 1. The van der Waals surface area contributed by atoms with Crippen molar-refractivity contribution >= 4 is 5.97 Å². The van der Waals surface area contributed by atoms with Crippen molar-refractivity contribution in [3.8, 4) is 0 Å². The zero-order chi connectivity index (χ0) is 14.1. The summed E-state index contributed by atoms with van der Waals surface area (Å²) in [4.78, 5) is 11.3. The molecule has 0 aromatic heterocycles. The molecule has 0 spiro atoms. The summed E-state index contributed by atoms with van der Waals surface area (Å²) >= 11 is 0. The molecular weight excluding hydrogens is 236 g/mol. The number of hydrogen-bond donors (Lipinski definition) is 0. The van der Waals surface area contributed by atoms with E-state index < -0.39 is 0 Å². The lowest BCUT2D eigenvalue weighted by atomic mass is 9.73. The molecule has 0 radical (unpaired) electrons. The van der Waals surface area contributed by atoms with Crippen LogP contribution in [0.5, 0.6) is 0 Å². The van der Waals surface area contributed by atoms with Gasteiger partial charge in [0.05, 0.1) is 6.61 Å². The number of carbonyl (C=O) groups is 1. The second-order valence-corrected chi connectivity index (χ2v) is 6.51. The van der Waals surface area contributed by atoms with Gasteiger partial charge in [0.25, 0.3) is 0 Å². The first-order valence-electron chi connectivity index (χ1n) is 7.87. The summed E-state index contributed by atoms with van der Waals surface area (Å²) in [6, 6.07) is 0. The molecule has 1 aliphatic carbocycles. The van der Waals surface area contributed by atoms with Crippen molar-refractivity contribution in [1.82, 2.24) is 0 Å². The highest BCUT2D eigenvalue weighted by Gasteiger charge is 2.31. The van der Waals surface area contributed by atoms with Crippen molar-refractivity contribution in [3.05, 3.63) is 12.7 Å². The van der Waals surface area contributed by atoms with Gasteiger partial charge in [0.15, 0.2) is 0 Å². The summed E-state index contributed by atoms with van der Waals surface area (Å²) in [6.07, 6.45) is 12.7. The maximum Gasteiger partial charge on any atom is 0.330 e. The van der Waals surface area contributed by atoms with Crippen molar-refractivity contribution in [3.63, 3.8) is 0 Å². The lowest BCUT2D eigenvalue weighted by Gasteiger charge is -2.35. The van der Waals surface area contributed by atoms with E-state index in [0.717, 1.165) is 5.92 Å². The van der Waals surface area contributed by atoms with Gasteiger partial charge in [-0.3, -0.25) is 0 Å². The molecule has 2 heteroatoms. The minimum absolute atomic E-state index is 0.226. The van der Waals surface area contributed by atoms with Crippen LogP contribution in [-0.2, 0) is 9.53 Å². The topological polar surface area (TPSA) is 26.3 Å². The molecule has 0 heterocycles. The molecule has 1 saturated carbocycles. The maximum absolute atomic E-state index is 11.3. The molecule has 0 aromatic carbocycles. The second kappa shape index (κ2) is 8.39. The van der Waals surface area contributed by atoms with Crippen LogP contribution in [0.1, 0.15) is 71.6 Å². The Hall–Kier alpha value is -0.790. The minimum Gasteiger partial charge on any atom is -0.462 e. The molecule has 1 aliphatic rings. The maximum atomic E-state index is 11.3. The van der Waals surface area contributed by atoms with E-state index in [-0.39, 0.29) is 11.4 Å². The molecule has 0 unspecified atom stereocenters. The van der Waals surface area contributed by atoms with E-state index in [1.165, 1.54) is 63.9 Å². The van der Waals surface area contributed by atoms with Gasteiger partial charge in [-0.15, -0.1) is 0 Å². The molecule has 0 amide bonds. The third-order valence-electron chi connectivity index (χ3n) is 4.35. The van der Waals surface area contributed by atoms with Gasteiger partial charge < -0.3 is 4.74 Å². The summed E-state index contributed by atoms with van der Waals surface area (Å²) in [6.45, 7) is 8.61. The highest BCUT2D eigenvalue weighted by Crippen LogP contribution is 2.39. The van der Waals surface area contributed by atoms with Gasteiger partial charge in [-0.1, -0.05) is 59.0 Å². The molecule has 0 atom stereocenters. The van der Waals surface area contributed by atoms with Crippen LogP contribution in [0.2, 0.25) is 0 Å². The van der Waals surface area contributed by atoms with Crippen LogP contribution < -0.4 is 0 Å². The number of esters is 1. The predicted molar refractivity (Wildman–Crippen MR) is 80.0 cm³/mol. The molecule has 0 aliphatic heterocycles. The smallest absolute Gasteiger partial charge is 0.330 e. The lowest BCUT2D eigenvalue weighted by molar-refractivity contribution is -0.142. The van der Waals surface area contributed by atoms with Crippen molar-refractivity contribution < 1.29 is 9.53 Å². The molecule has 1 fully saturated rings. The molecule has 1 rings (SSSR count). The van der Waals surface area contributed by atoms with E-state index in [1.54, 1.807) is 0 Å². The zero-order valence-electron chi connectivity index (χ0n) is 12.7. The van der Waals surface area contributed by atoms with Crippen LogP contribution in [0.25, 0.3) is 0 Å². The summed E-state index contributed by atoms with van der Waals surface area (Å²) in [5.74, 6) is 0.448. The largest absolute Gasteiger partial charge is 0.462 e. The van der Waals surface area contributed by atoms with Crippen LogP contribution in [0.4, 0.5) is 0 Å². The van der Waals surface area contributed by atoms with Crippen LogP contribution in [0.15, 0.2) is 12.7 Å². The second-order valence-electron chi connectivity index (χ2n) is 6.51.